The summed E-state index contributed by atoms with van der Waals surface area (Å²) in [5.74, 6) is 1.20. The van der Waals surface area contributed by atoms with Gasteiger partial charge < -0.3 is 10.6 Å². The van der Waals surface area contributed by atoms with Gasteiger partial charge in [-0.2, -0.15) is 13.2 Å². The first kappa shape index (κ1) is 16.7. The number of hydrogen-bond acceptors (Lipinski definition) is 4. The van der Waals surface area contributed by atoms with Gasteiger partial charge in [0.25, 0.3) is 0 Å². The van der Waals surface area contributed by atoms with Gasteiger partial charge in [-0.3, -0.25) is 4.21 Å². The molecule has 1 rings (SSSR count). The molecule has 0 radical (unpaired) electrons. The van der Waals surface area contributed by atoms with Gasteiger partial charge in [-0.05, 0) is 19.1 Å². The lowest BCUT2D eigenvalue weighted by molar-refractivity contribution is -0.137. The average molecular weight is 309 g/mol. The van der Waals surface area contributed by atoms with Gasteiger partial charge in [-0.15, -0.1) is 0 Å². The summed E-state index contributed by atoms with van der Waals surface area (Å²) in [4.78, 5) is 4.04. The molecule has 0 saturated heterocycles. The van der Waals surface area contributed by atoms with Crippen molar-refractivity contribution in [2.24, 2.45) is 0 Å². The quantitative estimate of drug-likeness (QED) is 0.813. The lowest BCUT2D eigenvalue weighted by Gasteiger charge is -2.13. The van der Waals surface area contributed by atoms with Gasteiger partial charge in [0.15, 0.2) is 0 Å². The number of alkyl halides is 3. The molecule has 0 bridgehead atoms. The Bertz CT molecular complexity index is 466. The van der Waals surface area contributed by atoms with Gasteiger partial charge in [-0.25, -0.2) is 4.98 Å². The Labute approximate surface area is 118 Å². The first-order valence-corrected chi connectivity index (χ1v) is 7.77. The summed E-state index contributed by atoms with van der Waals surface area (Å²) in [6.07, 6.45) is -4.42. The van der Waals surface area contributed by atoms with Crippen molar-refractivity contribution in [3.63, 3.8) is 0 Å². The molecular formula is C12H18F3N3OS. The Morgan fingerprint density at radius 1 is 1.20 bits per heavy atom. The van der Waals surface area contributed by atoms with E-state index in [2.05, 4.69) is 15.6 Å². The molecule has 0 aromatic carbocycles. The third-order valence-corrected chi connectivity index (χ3v) is 3.77. The number of pyridine rings is 1. The molecule has 0 aliphatic rings. The second kappa shape index (κ2) is 7.47. The minimum atomic E-state index is -4.42. The van der Waals surface area contributed by atoms with Gasteiger partial charge in [0.1, 0.15) is 11.6 Å². The largest absolute Gasteiger partial charge is 0.416 e. The highest BCUT2D eigenvalue weighted by Gasteiger charge is 2.31. The Morgan fingerprint density at radius 2 is 1.80 bits per heavy atom. The van der Waals surface area contributed by atoms with Gasteiger partial charge in [-0.1, -0.05) is 6.92 Å². The van der Waals surface area contributed by atoms with E-state index in [-0.39, 0.29) is 11.6 Å². The SMILES string of the molecule is CCNc1cc(C(F)(F)F)cc(NCCS(=O)CC)n1. The summed E-state index contributed by atoms with van der Waals surface area (Å²) < 4.78 is 49.5. The molecule has 4 nitrogen and oxygen atoms in total. The van der Waals surface area contributed by atoms with Crippen LogP contribution in [0.4, 0.5) is 24.8 Å². The van der Waals surface area contributed by atoms with Gasteiger partial charge in [0, 0.05) is 35.4 Å². The summed E-state index contributed by atoms with van der Waals surface area (Å²) in [6, 6.07) is 1.93. The predicted molar refractivity (Wildman–Crippen MR) is 75.4 cm³/mol. The molecular weight excluding hydrogens is 291 g/mol. The van der Waals surface area contributed by atoms with Crippen LogP contribution in [0.25, 0.3) is 0 Å². The first-order valence-electron chi connectivity index (χ1n) is 6.28. The normalized spacial score (nSPS) is 13.1. The zero-order valence-corrected chi connectivity index (χ0v) is 12.2. The minimum absolute atomic E-state index is 0.129. The molecule has 0 aliphatic heterocycles. The van der Waals surface area contributed by atoms with Crippen LogP contribution in [0.1, 0.15) is 19.4 Å². The van der Waals surface area contributed by atoms with Gasteiger partial charge >= 0.3 is 6.18 Å². The van der Waals surface area contributed by atoms with Gasteiger partial charge in [0.05, 0.1) is 5.56 Å². The van der Waals surface area contributed by atoms with Crippen molar-refractivity contribution >= 4 is 22.4 Å². The third kappa shape index (κ3) is 5.36. The maximum Gasteiger partial charge on any atom is 0.416 e. The Kier molecular flexibility index (Phi) is 6.25. The molecule has 0 aliphatic carbocycles. The van der Waals surface area contributed by atoms with Crippen LogP contribution in [0.3, 0.4) is 0 Å². The fourth-order valence-corrected chi connectivity index (χ4v) is 2.11. The molecule has 1 aromatic rings. The fraction of sp³-hybridized carbons (Fsp3) is 0.583. The first-order chi connectivity index (χ1) is 9.36. The number of rotatable bonds is 7. The fourth-order valence-electron chi connectivity index (χ4n) is 1.49. The zero-order valence-electron chi connectivity index (χ0n) is 11.4. The van der Waals surface area contributed by atoms with Crippen LogP contribution < -0.4 is 10.6 Å². The number of aromatic nitrogens is 1. The average Bonchev–Trinajstić information content (AvgIpc) is 2.37. The topological polar surface area (TPSA) is 54.0 Å². The van der Waals surface area contributed by atoms with Crippen LogP contribution in [0.5, 0.6) is 0 Å². The van der Waals surface area contributed by atoms with E-state index < -0.39 is 22.5 Å². The van der Waals surface area contributed by atoms with E-state index in [1.54, 1.807) is 13.8 Å². The molecule has 1 aromatic heterocycles. The number of halogens is 3. The Morgan fingerprint density at radius 3 is 2.30 bits per heavy atom. The van der Waals surface area contributed by atoms with E-state index in [4.69, 9.17) is 0 Å². The molecule has 0 spiro atoms. The standard InChI is InChI=1S/C12H18F3N3OS/c1-3-16-10-7-9(12(13,14)15)8-11(18-10)17-5-6-20(19)4-2/h7-8H,3-6H2,1-2H3,(H2,16,17,18). The second-order valence-electron chi connectivity index (χ2n) is 4.01. The summed E-state index contributed by atoms with van der Waals surface area (Å²) in [6.45, 7) is 4.37. The maximum absolute atomic E-state index is 12.8. The van der Waals surface area contributed by atoms with Crippen LogP contribution in [-0.2, 0) is 17.0 Å². The van der Waals surface area contributed by atoms with E-state index in [1.807, 2.05) is 0 Å². The molecule has 20 heavy (non-hydrogen) atoms. The molecule has 1 atom stereocenters. The highest BCUT2D eigenvalue weighted by atomic mass is 32.2. The van der Waals surface area contributed by atoms with E-state index in [0.717, 1.165) is 12.1 Å². The van der Waals surface area contributed by atoms with E-state index in [0.29, 0.717) is 24.6 Å². The van der Waals surface area contributed by atoms with Crippen molar-refractivity contribution < 1.29 is 17.4 Å². The van der Waals surface area contributed by atoms with Crippen molar-refractivity contribution in [1.29, 1.82) is 0 Å². The van der Waals surface area contributed by atoms with Crippen LogP contribution in [0.15, 0.2) is 12.1 Å². The van der Waals surface area contributed by atoms with Crippen LogP contribution in [0.2, 0.25) is 0 Å². The summed E-state index contributed by atoms with van der Waals surface area (Å²) >= 11 is 0. The molecule has 1 unspecified atom stereocenters. The molecule has 0 amide bonds. The Balaban J connectivity index is 2.83. The summed E-state index contributed by atoms with van der Waals surface area (Å²) in [7, 11) is -0.960. The molecule has 2 N–H and O–H groups in total. The molecule has 0 saturated carbocycles. The van der Waals surface area contributed by atoms with Crippen LogP contribution in [0, 0.1) is 0 Å². The zero-order chi connectivity index (χ0) is 15.2. The molecule has 114 valence electrons. The number of nitrogens with zero attached hydrogens (tertiary/aromatic N) is 1. The third-order valence-electron chi connectivity index (χ3n) is 2.47. The maximum atomic E-state index is 12.8. The van der Waals surface area contributed by atoms with Gasteiger partial charge in [0.2, 0.25) is 0 Å². The molecule has 0 fully saturated rings. The molecule has 1 heterocycles. The van der Waals surface area contributed by atoms with E-state index >= 15 is 0 Å². The van der Waals surface area contributed by atoms with E-state index in [1.165, 1.54) is 0 Å². The summed E-state index contributed by atoms with van der Waals surface area (Å²) in [5, 5.41) is 5.54. The number of anilines is 2. The summed E-state index contributed by atoms with van der Waals surface area (Å²) in [5.41, 5.74) is -0.762. The minimum Gasteiger partial charge on any atom is -0.370 e. The molecule has 8 heteroatoms. The van der Waals surface area contributed by atoms with Crippen molar-refractivity contribution in [3.05, 3.63) is 17.7 Å². The van der Waals surface area contributed by atoms with Crippen molar-refractivity contribution in [1.82, 2.24) is 4.98 Å². The number of nitrogens with one attached hydrogen (secondary N) is 2. The second-order valence-corrected chi connectivity index (χ2v) is 5.88. The highest BCUT2D eigenvalue weighted by Crippen LogP contribution is 2.31. The highest BCUT2D eigenvalue weighted by molar-refractivity contribution is 7.84. The lowest BCUT2D eigenvalue weighted by Crippen LogP contribution is -2.15. The number of hydrogen-bond donors (Lipinski definition) is 2. The van der Waals surface area contributed by atoms with Crippen molar-refractivity contribution in [3.8, 4) is 0 Å². The Hall–Kier alpha value is -1.31. The smallest absolute Gasteiger partial charge is 0.370 e. The van der Waals surface area contributed by atoms with Crippen LogP contribution >= 0.6 is 0 Å². The predicted octanol–water partition coefficient (Wildman–Crippen LogP) is 2.71. The van der Waals surface area contributed by atoms with Crippen LogP contribution in [-0.4, -0.2) is 33.8 Å². The van der Waals surface area contributed by atoms with Crippen molar-refractivity contribution in [2.75, 3.05) is 35.2 Å². The lowest BCUT2D eigenvalue weighted by atomic mass is 10.2. The van der Waals surface area contributed by atoms with E-state index in [9.17, 15) is 17.4 Å². The monoisotopic (exact) mass is 309 g/mol. The van der Waals surface area contributed by atoms with Crippen molar-refractivity contribution in [2.45, 2.75) is 20.0 Å².